The van der Waals surface area contributed by atoms with Crippen molar-refractivity contribution in [3.8, 4) is 0 Å². The topological polar surface area (TPSA) is 0 Å². The fraction of sp³-hybridized carbons (Fsp3) is 1.00. The van der Waals surface area contributed by atoms with Crippen molar-refractivity contribution >= 4 is 12.4 Å². The number of rotatable bonds is 22. The van der Waals surface area contributed by atoms with Crippen LogP contribution < -0.4 is 0 Å². The average Bonchev–Trinajstić information content (AvgIpc) is 2.64. The summed E-state index contributed by atoms with van der Waals surface area (Å²) in [5.41, 5.74) is 0. The van der Waals surface area contributed by atoms with Crippen LogP contribution in [0.5, 0.6) is 0 Å². The van der Waals surface area contributed by atoms with E-state index in [-0.39, 0.29) is 12.4 Å². The number of halogens is 1. The van der Waals surface area contributed by atoms with E-state index in [1.54, 1.807) is 0 Å². The summed E-state index contributed by atoms with van der Waals surface area (Å²) in [6.07, 6.45) is 29.0. The van der Waals surface area contributed by atoms with Crippen LogP contribution in [0.25, 0.3) is 0 Å². The van der Waals surface area contributed by atoms with E-state index in [0.29, 0.717) is 0 Å². The molecule has 0 aromatic heterocycles. The van der Waals surface area contributed by atoms with E-state index in [1.165, 1.54) is 146 Å². The Balaban J connectivity index is 0. The molecule has 0 N–H and O–H groups in total. The molecule has 0 aromatic carbocycles. The molecular formula is C26H57ClN+. The average molecular weight is 419 g/mol. The lowest BCUT2D eigenvalue weighted by atomic mass is 10.1. The van der Waals surface area contributed by atoms with Gasteiger partial charge in [0.25, 0.3) is 0 Å². The van der Waals surface area contributed by atoms with Crippen LogP contribution in [0.4, 0.5) is 0 Å². The molecule has 0 heterocycles. The molecule has 0 amide bonds. The van der Waals surface area contributed by atoms with Crippen molar-refractivity contribution in [3.05, 3.63) is 0 Å². The highest BCUT2D eigenvalue weighted by Gasteiger charge is 2.13. The molecule has 0 aliphatic rings. The van der Waals surface area contributed by atoms with Gasteiger partial charge in [-0.1, -0.05) is 117 Å². The van der Waals surface area contributed by atoms with Crippen LogP contribution in [-0.2, 0) is 0 Å². The minimum absolute atomic E-state index is 0. The second kappa shape index (κ2) is 23.5. The van der Waals surface area contributed by atoms with Crippen molar-refractivity contribution in [3.63, 3.8) is 0 Å². The molecule has 0 radical (unpaired) electrons. The molecule has 0 unspecified atom stereocenters. The highest BCUT2D eigenvalue weighted by molar-refractivity contribution is 5.85. The van der Waals surface area contributed by atoms with Crippen LogP contribution in [-0.4, -0.2) is 31.7 Å². The zero-order chi connectivity index (χ0) is 20.1. The smallest absolute Gasteiger partial charge is 0.0782 e. The molecule has 0 aromatic rings. The normalized spacial score (nSPS) is 11.6. The van der Waals surface area contributed by atoms with Crippen LogP contribution in [0, 0.1) is 0 Å². The van der Waals surface area contributed by atoms with E-state index in [4.69, 9.17) is 0 Å². The third-order valence-electron chi connectivity index (χ3n) is 6.23. The highest BCUT2D eigenvalue weighted by Crippen LogP contribution is 2.14. The van der Waals surface area contributed by atoms with Gasteiger partial charge >= 0.3 is 0 Å². The van der Waals surface area contributed by atoms with Gasteiger partial charge < -0.3 is 4.48 Å². The third kappa shape index (κ3) is 24.3. The Labute approximate surface area is 186 Å². The first-order chi connectivity index (χ1) is 13.1. The summed E-state index contributed by atoms with van der Waals surface area (Å²) in [7, 11) is 4.89. The summed E-state index contributed by atoms with van der Waals surface area (Å²) in [5.74, 6) is 0. The minimum Gasteiger partial charge on any atom is -0.328 e. The molecule has 0 aliphatic carbocycles. The van der Waals surface area contributed by atoms with Gasteiger partial charge in [0, 0.05) is 0 Å². The Kier molecular flexibility index (Phi) is 25.6. The molecule has 0 saturated heterocycles. The SMILES string of the molecule is CCCCCCCCCCCC[N+](C)(C)CCCCCCCCCCCC.Cl. The van der Waals surface area contributed by atoms with Crippen LogP contribution in [0.2, 0.25) is 0 Å². The van der Waals surface area contributed by atoms with Gasteiger partial charge in [-0.3, -0.25) is 0 Å². The first-order valence-corrected chi connectivity index (χ1v) is 12.9. The Morgan fingerprint density at radius 2 is 0.571 bits per heavy atom. The Hall–Kier alpha value is 0.250. The first-order valence-electron chi connectivity index (χ1n) is 12.9. The second-order valence-corrected chi connectivity index (χ2v) is 9.75. The highest BCUT2D eigenvalue weighted by atomic mass is 35.5. The van der Waals surface area contributed by atoms with Gasteiger partial charge in [-0.25, -0.2) is 0 Å². The Morgan fingerprint density at radius 3 is 0.821 bits per heavy atom. The summed E-state index contributed by atoms with van der Waals surface area (Å²) in [5, 5.41) is 0. The zero-order valence-corrected chi connectivity index (χ0v) is 21.2. The predicted octanol–water partition coefficient (Wildman–Crippen LogP) is 9.33. The molecule has 0 rings (SSSR count). The van der Waals surface area contributed by atoms with Gasteiger partial charge in [0.2, 0.25) is 0 Å². The monoisotopic (exact) mass is 418 g/mol. The lowest BCUT2D eigenvalue weighted by Crippen LogP contribution is -2.41. The molecular weight excluding hydrogens is 362 g/mol. The van der Waals surface area contributed by atoms with Crippen LogP contribution in [0.3, 0.4) is 0 Å². The number of quaternary nitrogens is 1. The summed E-state index contributed by atoms with van der Waals surface area (Å²) >= 11 is 0. The summed E-state index contributed by atoms with van der Waals surface area (Å²) in [6.45, 7) is 7.37. The predicted molar refractivity (Wildman–Crippen MR) is 133 cm³/mol. The summed E-state index contributed by atoms with van der Waals surface area (Å²) in [6, 6.07) is 0. The number of hydrogen-bond donors (Lipinski definition) is 0. The van der Waals surface area contributed by atoms with Crippen LogP contribution in [0.15, 0.2) is 0 Å². The van der Waals surface area contributed by atoms with Crippen molar-refractivity contribution in [2.75, 3.05) is 27.2 Å². The third-order valence-corrected chi connectivity index (χ3v) is 6.23. The quantitative estimate of drug-likeness (QED) is 0.121. The molecule has 28 heavy (non-hydrogen) atoms. The summed E-state index contributed by atoms with van der Waals surface area (Å²) in [4.78, 5) is 0. The van der Waals surface area contributed by atoms with E-state index in [0.717, 1.165) is 0 Å². The maximum Gasteiger partial charge on any atom is 0.0782 e. The molecule has 0 spiro atoms. The Morgan fingerprint density at radius 1 is 0.357 bits per heavy atom. The molecule has 0 saturated carbocycles. The van der Waals surface area contributed by atoms with Crippen molar-refractivity contribution in [2.45, 2.75) is 142 Å². The molecule has 0 aliphatic heterocycles. The maximum absolute atomic E-state index is 2.45. The fourth-order valence-electron chi connectivity index (χ4n) is 4.17. The Bertz CT molecular complexity index is 252. The van der Waals surface area contributed by atoms with Gasteiger partial charge in [-0.15, -0.1) is 12.4 Å². The number of hydrogen-bond acceptors (Lipinski definition) is 0. The minimum atomic E-state index is 0. The lowest BCUT2D eigenvalue weighted by Gasteiger charge is -2.30. The lowest BCUT2D eigenvalue weighted by molar-refractivity contribution is -0.890. The van der Waals surface area contributed by atoms with Gasteiger partial charge in [0.05, 0.1) is 27.2 Å². The van der Waals surface area contributed by atoms with E-state index < -0.39 is 0 Å². The van der Waals surface area contributed by atoms with E-state index in [9.17, 15) is 0 Å². The maximum atomic E-state index is 2.45. The van der Waals surface area contributed by atoms with Crippen molar-refractivity contribution in [1.29, 1.82) is 0 Å². The van der Waals surface area contributed by atoms with Gasteiger partial charge in [-0.2, -0.15) is 0 Å². The molecule has 0 bridgehead atoms. The molecule has 1 nitrogen and oxygen atoms in total. The van der Waals surface area contributed by atoms with E-state index in [2.05, 4.69) is 27.9 Å². The molecule has 0 fully saturated rings. The van der Waals surface area contributed by atoms with Gasteiger partial charge in [-0.05, 0) is 25.7 Å². The van der Waals surface area contributed by atoms with E-state index >= 15 is 0 Å². The van der Waals surface area contributed by atoms with Crippen molar-refractivity contribution < 1.29 is 4.48 Å². The van der Waals surface area contributed by atoms with Gasteiger partial charge in [0.1, 0.15) is 0 Å². The van der Waals surface area contributed by atoms with E-state index in [1.807, 2.05) is 0 Å². The number of unbranched alkanes of at least 4 members (excludes halogenated alkanes) is 18. The van der Waals surface area contributed by atoms with Gasteiger partial charge in [0.15, 0.2) is 0 Å². The van der Waals surface area contributed by atoms with Crippen molar-refractivity contribution in [2.24, 2.45) is 0 Å². The largest absolute Gasteiger partial charge is 0.328 e. The second-order valence-electron chi connectivity index (χ2n) is 9.75. The molecule has 2 heteroatoms. The summed E-state index contributed by atoms with van der Waals surface area (Å²) < 4.78 is 1.24. The molecule has 0 atom stereocenters. The number of nitrogens with zero attached hydrogens (tertiary/aromatic N) is 1. The fourth-order valence-corrected chi connectivity index (χ4v) is 4.17. The molecule has 172 valence electrons. The standard InChI is InChI=1S/C26H56N.ClH/c1-5-7-9-11-13-15-17-19-21-23-25-27(3,4)26-24-22-20-18-16-14-12-10-8-6-2;/h5-26H2,1-4H3;1H/q+1;. The van der Waals surface area contributed by atoms with Crippen LogP contribution in [0.1, 0.15) is 142 Å². The van der Waals surface area contributed by atoms with Crippen molar-refractivity contribution in [1.82, 2.24) is 0 Å². The zero-order valence-electron chi connectivity index (χ0n) is 20.4. The first kappa shape index (κ1) is 30.4. The van der Waals surface area contributed by atoms with Crippen LogP contribution >= 0.6 is 12.4 Å².